The number of hydrogen-bond donors (Lipinski definition) is 2. The summed E-state index contributed by atoms with van der Waals surface area (Å²) >= 11 is 0. The van der Waals surface area contributed by atoms with Crippen LogP contribution < -0.4 is 10.6 Å². The first kappa shape index (κ1) is 10.3. The van der Waals surface area contributed by atoms with E-state index in [0.717, 1.165) is 19.1 Å². The molecule has 1 unspecified atom stereocenters. The van der Waals surface area contributed by atoms with E-state index < -0.39 is 0 Å². The highest BCUT2D eigenvalue weighted by molar-refractivity contribution is 5.33. The number of hydrogen-bond acceptors (Lipinski definition) is 2. The van der Waals surface area contributed by atoms with Crippen molar-refractivity contribution < 1.29 is 0 Å². The smallest absolute Gasteiger partial charge is 0.0236 e. The van der Waals surface area contributed by atoms with Crippen molar-refractivity contribution in [3.63, 3.8) is 0 Å². The van der Waals surface area contributed by atoms with Gasteiger partial charge in [-0.2, -0.15) is 0 Å². The van der Waals surface area contributed by atoms with Crippen molar-refractivity contribution in [2.24, 2.45) is 0 Å². The maximum Gasteiger partial charge on any atom is 0.0236 e. The fourth-order valence-electron chi connectivity index (χ4n) is 2.45. The summed E-state index contributed by atoms with van der Waals surface area (Å²) in [5, 5.41) is 7.22. The van der Waals surface area contributed by atoms with Crippen LogP contribution in [-0.4, -0.2) is 18.6 Å². The summed E-state index contributed by atoms with van der Waals surface area (Å²) in [7, 11) is 0. The lowest BCUT2D eigenvalue weighted by atomic mass is 9.94. The molecule has 2 N–H and O–H groups in total. The molecule has 0 saturated heterocycles. The predicted molar refractivity (Wildman–Crippen MR) is 66.5 cm³/mol. The van der Waals surface area contributed by atoms with E-state index >= 15 is 0 Å². The highest BCUT2D eigenvalue weighted by Gasteiger charge is 2.23. The van der Waals surface area contributed by atoms with Crippen LogP contribution in [0.25, 0.3) is 0 Å². The molecular formula is C14H20N2. The van der Waals surface area contributed by atoms with Crippen molar-refractivity contribution in [1.82, 2.24) is 10.6 Å². The summed E-state index contributed by atoms with van der Waals surface area (Å²) in [6.07, 6.45) is 3.93. The van der Waals surface area contributed by atoms with Crippen molar-refractivity contribution >= 4 is 0 Å². The standard InChI is InChI=1S/C14H20N2/c1-10-2-3-11-8-15-14(7-12(11)6-10)9-16-13-4-5-13/h2-3,6,13-16H,4-5,7-9H2,1H3. The Morgan fingerprint density at radius 3 is 3.00 bits per heavy atom. The monoisotopic (exact) mass is 216 g/mol. The topological polar surface area (TPSA) is 24.1 Å². The van der Waals surface area contributed by atoms with Gasteiger partial charge in [-0.15, -0.1) is 0 Å². The van der Waals surface area contributed by atoms with Gasteiger partial charge in [0.25, 0.3) is 0 Å². The summed E-state index contributed by atoms with van der Waals surface area (Å²) in [4.78, 5) is 0. The molecule has 1 aromatic carbocycles. The summed E-state index contributed by atoms with van der Waals surface area (Å²) in [5.74, 6) is 0. The Morgan fingerprint density at radius 1 is 1.31 bits per heavy atom. The molecule has 1 aliphatic carbocycles. The predicted octanol–water partition coefficient (Wildman–Crippen LogP) is 1.76. The number of aryl methyl sites for hydroxylation is 1. The van der Waals surface area contributed by atoms with Crippen molar-refractivity contribution in [2.45, 2.75) is 44.8 Å². The lowest BCUT2D eigenvalue weighted by Crippen LogP contribution is -2.43. The van der Waals surface area contributed by atoms with Gasteiger partial charge in [0.05, 0.1) is 0 Å². The Hall–Kier alpha value is -0.860. The molecule has 2 aliphatic rings. The van der Waals surface area contributed by atoms with Crippen LogP contribution in [0.1, 0.15) is 29.5 Å². The van der Waals surface area contributed by atoms with Crippen LogP contribution in [0.2, 0.25) is 0 Å². The second-order valence-corrected chi connectivity index (χ2v) is 5.24. The molecule has 1 aromatic rings. The second kappa shape index (κ2) is 4.19. The van der Waals surface area contributed by atoms with E-state index in [9.17, 15) is 0 Å². The molecule has 0 spiro atoms. The number of benzene rings is 1. The van der Waals surface area contributed by atoms with Gasteiger partial charge in [0, 0.05) is 25.2 Å². The number of fused-ring (bicyclic) bond motifs is 1. The van der Waals surface area contributed by atoms with E-state index in [-0.39, 0.29) is 0 Å². The van der Waals surface area contributed by atoms with Gasteiger partial charge in [0.2, 0.25) is 0 Å². The highest BCUT2D eigenvalue weighted by Crippen LogP contribution is 2.20. The van der Waals surface area contributed by atoms with Crippen LogP contribution in [0.3, 0.4) is 0 Å². The molecular weight excluding hydrogens is 196 g/mol. The van der Waals surface area contributed by atoms with Crippen LogP contribution >= 0.6 is 0 Å². The van der Waals surface area contributed by atoms with Crippen LogP contribution in [-0.2, 0) is 13.0 Å². The Labute approximate surface area is 97.4 Å². The van der Waals surface area contributed by atoms with E-state index in [1.165, 1.54) is 30.4 Å². The average Bonchev–Trinajstić information content (AvgIpc) is 3.09. The fourth-order valence-corrected chi connectivity index (χ4v) is 2.45. The lowest BCUT2D eigenvalue weighted by molar-refractivity contribution is 0.446. The highest BCUT2D eigenvalue weighted by atomic mass is 15.0. The maximum absolute atomic E-state index is 3.62. The molecule has 16 heavy (non-hydrogen) atoms. The summed E-state index contributed by atoms with van der Waals surface area (Å²) in [6, 6.07) is 8.27. The van der Waals surface area contributed by atoms with E-state index in [2.05, 4.69) is 35.8 Å². The molecule has 1 saturated carbocycles. The largest absolute Gasteiger partial charge is 0.312 e. The fraction of sp³-hybridized carbons (Fsp3) is 0.571. The third-order valence-corrected chi connectivity index (χ3v) is 3.64. The summed E-state index contributed by atoms with van der Waals surface area (Å²) < 4.78 is 0. The molecule has 2 heteroatoms. The van der Waals surface area contributed by atoms with Crippen molar-refractivity contribution in [3.8, 4) is 0 Å². The van der Waals surface area contributed by atoms with Gasteiger partial charge in [0.15, 0.2) is 0 Å². The molecule has 86 valence electrons. The van der Waals surface area contributed by atoms with E-state index in [4.69, 9.17) is 0 Å². The molecule has 0 amide bonds. The molecule has 1 aliphatic heterocycles. The van der Waals surface area contributed by atoms with Crippen molar-refractivity contribution in [1.29, 1.82) is 0 Å². The first-order valence-corrected chi connectivity index (χ1v) is 6.36. The third kappa shape index (κ3) is 2.28. The zero-order chi connectivity index (χ0) is 11.0. The van der Waals surface area contributed by atoms with E-state index in [1.807, 2.05) is 0 Å². The molecule has 2 nitrogen and oxygen atoms in total. The van der Waals surface area contributed by atoms with Crippen LogP contribution in [0.15, 0.2) is 18.2 Å². The Balaban J connectivity index is 1.64. The van der Waals surface area contributed by atoms with E-state index in [1.54, 1.807) is 5.56 Å². The normalized spacial score (nSPS) is 24.2. The van der Waals surface area contributed by atoms with Crippen molar-refractivity contribution in [2.75, 3.05) is 6.54 Å². The van der Waals surface area contributed by atoms with Gasteiger partial charge >= 0.3 is 0 Å². The van der Waals surface area contributed by atoms with Gasteiger partial charge in [-0.3, -0.25) is 0 Å². The molecule has 1 fully saturated rings. The molecule has 3 rings (SSSR count). The quantitative estimate of drug-likeness (QED) is 0.804. The summed E-state index contributed by atoms with van der Waals surface area (Å²) in [5.41, 5.74) is 4.41. The minimum atomic E-state index is 0.620. The minimum absolute atomic E-state index is 0.620. The van der Waals surface area contributed by atoms with Crippen LogP contribution in [0, 0.1) is 6.92 Å². The van der Waals surface area contributed by atoms with Crippen LogP contribution in [0.5, 0.6) is 0 Å². The SMILES string of the molecule is Cc1ccc2c(c1)CC(CNC1CC1)NC2. The van der Waals surface area contributed by atoms with Gasteiger partial charge < -0.3 is 10.6 Å². The van der Waals surface area contributed by atoms with E-state index in [0.29, 0.717) is 6.04 Å². The first-order valence-electron chi connectivity index (χ1n) is 6.36. The lowest BCUT2D eigenvalue weighted by Gasteiger charge is -2.26. The van der Waals surface area contributed by atoms with Gasteiger partial charge in [-0.25, -0.2) is 0 Å². The third-order valence-electron chi connectivity index (χ3n) is 3.64. The Morgan fingerprint density at radius 2 is 2.19 bits per heavy atom. The minimum Gasteiger partial charge on any atom is -0.312 e. The molecule has 1 atom stereocenters. The summed E-state index contributed by atoms with van der Waals surface area (Å²) in [6.45, 7) is 4.34. The Bertz CT molecular complexity index is 382. The zero-order valence-corrected chi connectivity index (χ0v) is 9.92. The zero-order valence-electron chi connectivity index (χ0n) is 9.92. The maximum atomic E-state index is 3.62. The molecule has 0 aromatic heterocycles. The second-order valence-electron chi connectivity index (χ2n) is 5.24. The number of rotatable bonds is 3. The van der Waals surface area contributed by atoms with Gasteiger partial charge in [-0.05, 0) is 37.3 Å². The van der Waals surface area contributed by atoms with Gasteiger partial charge in [0.1, 0.15) is 0 Å². The van der Waals surface area contributed by atoms with Gasteiger partial charge in [-0.1, -0.05) is 23.8 Å². The number of nitrogens with one attached hydrogen (secondary N) is 2. The Kier molecular flexibility index (Phi) is 2.70. The average molecular weight is 216 g/mol. The molecule has 0 bridgehead atoms. The van der Waals surface area contributed by atoms with Crippen molar-refractivity contribution in [3.05, 3.63) is 34.9 Å². The molecule has 1 heterocycles. The molecule has 0 radical (unpaired) electrons. The first-order chi connectivity index (χ1) is 7.81. The van der Waals surface area contributed by atoms with Crippen LogP contribution in [0.4, 0.5) is 0 Å².